The lowest BCUT2D eigenvalue weighted by molar-refractivity contribution is -0.0221. The molecule has 0 bridgehead atoms. The summed E-state index contributed by atoms with van der Waals surface area (Å²) in [6, 6.07) is 7.64. The van der Waals surface area contributed by atoms with Gasteiger partial charge in [0.25, 0.3) is 0 Å². The van der Waals surface area contributed by atoms with Gasteiger partial charge in [0.05, 0.1) is 19.7 Å². The molecule has 0 aliphatic carbocycles. The summed E-state index contributed by atoms with van der Waals surface area (Å²) in [7, 11) is 0. The third-order valence-corrected chi connectivity index (χ3v) is 3.99. The molecule has 6 nitrogen and oxygen atoms in total. The molecule has 2 N–H and O–H groups in total. The molecule has 0 atom stereocenters. The smallest absolute Gasteiger partial charge is 0.410 e. The highest BCUT2D eigenvalue weighted by atomic mass is 16.6. The second-order valence-corrected chi connectivity index (χ2v) is 7.65. The van der Waals surface area contributed by atoms with E-state index in [1.807, 2.05) is 45.0 Å². The third-order valence-electron chi connectivity index (χ3n) is 3.99. The first-order chi connectivity index (χ1) is 12.4. The fourth-order valence-corrected chi connectivity index (χ4v) is 2.59. The molecule has 0 saturated carbocycles. The first-order valence-electron chi connectivity index (χ1n) is 9.45. The number of likely N-dealkylation sites (tertiary alicyclic amines) is 1. The van der Waals surface area contributed by atoms with Crippen LogP contribution in [0.15, 0.2) is 24.3 Å². The largest absolute Gasteiger partial charge is 0.494 e. The van der Waals surface area contributed by atoms with Crippen molar-refractivity contribution in [2.45, 2.75) is 58.2 Å². The van der Waals surface area contributed by atoms with Crippen LogP contribution in [-0.4, -0.2) is 48.9 Å². The summed E-state index contributed by atoms with van der Waals surface area (Å²) in [5.74, 6) is 1.63. The van der Waals surface area contributed by atoms with Crippen molar-refractivity contribution in [3.05, 3.63) is 24.3 Å². The topological polar surface area (TPSA) is 74.0 Å². The first-order valence-corrected chi connectivity index (χ1v) is 9.45. The molecule has 26 heavy (non-hydrogen) atoms. The molecule has 0 aromatic heterocycles. The standard InChI is InChI=1S/C20H32N2O4/c1-20(2,3)26-19(23)22-14-18(15-22)25-17-10-8-16(9-11-17)24-13-7-5-4-6-12-21/h8-11,18H,4-7,12-15,21H2,1-3H3. The zero-order chi connectivity index (χ0) is 19.0. The number of carbonyl (C=O) groups excluding carboxylic acids is 1. The van der Waals surface area contributed by atoms with Gasteiger partial charge in [-0.25, -0.2) is 4.79 Å². The number of unbranched alkanes of at least 4 members (excludes halogenated alkanes) is 3. The summed E-state index contributed by atoms with van der Waals surface area (Å²) in [6.07, 6.45) is 4.16. The number of nitrogens with zero attached hydrogens (tertiary/aromatic N) is 1. The van der Waals surface area contributed by atoms with Crippen molar-refractivity contribution in [2.24, 2.45) is 5.73 Å². The van der Waals surface area contributed by atoms with Gasteiger partial charge >= 0.3 is 6.09 Å². The van der Waals surface area contributed by atoms with Gasteiger partial charge in [-0.2, -0.15) is 0 Å². The van der Waals surface area contributed by atoms with E-state index in [9.17, 15) is 4.79 Å². The van der Waals surface area contributed by atoms with Gasteiger partial charge in [-0.15, -0.1) is 0 Å². The maximum Gasteiger partial charge on any atom is 0.410 e. The SMILES string of the molecule is CC(C)(C)OC(=O)N1CC(Oc2ccc(OCCCCCCN)cc2)C1. The molecule has 1 saturated heterocycles. The molecule has 0 unspecified atom stereocenters. The Kier molecular flexibility index (Phi) is 7.57. The van der Waals surface area contributed by atoms with Crippen LogP contribution in [0.25, 0.3) is 0 Å². The van der Waals surface area contributed by atoms with Crippen molar-refractivity contribution in [3.8, 4) is 11.5 Å². The Bertz CT molecular complexity index is 548. The van der Waals surface area contributed by atoms with Crippen molar-refractivity contribution in [3.63, 3.8) is 0 Å². The van der Waals surface area contributed by atoms with Gasteiger partial charge in [-0.05, 0) is 64.4 Å². The Balaban J connectivity index is 1.63. The van der Waals surface area contributed by atoms with Crippen LogP contribution in [0.3, 0.4) is 0 Å². The van der Waals surface area contributed by atoms with Crippen LogP contribution in [0.4, 0.5) is 4.79 Å². The van der Waals surface area contributed by atoms with Crippen molar-refractivity contribution in [1.82, 2.24) is 4.90 Å². The second kappa shape index (κ2) is 9.67. The molecular weight excluding hydrogens is 332 g/mol. The summed E-state index contributed by atoms with van der Waals surface area (Å²) in [4.78, 5) is 13.5. The molecule has 1 amide bonds. The Morgan fingerprint density at radius 3 is 2.31 bits per heavy atom. The summed E-state index contributed by atoms with van der Waals surface area (Å²) in [5.41, 5.74) is 5.01. The number of hydrogen-bond donors (Lipinski definition) is 1. The van der Waals surface area contributed by atoms with E-state index in [0.29, 0.717) is 13.1 Å². The number of carbonyl (C=O) groups is 1. The lowest BCUT2D eigenvalue weighted by atomic mass is 10.1. The molecule has 1 heterocycles. The van der Waals surface area contributed by atoms with Crippen LogP contribution >= 0.6 is 0 Å². The molecule has 1 aliphatic heterocycles. The van der Waals surface area contributed by atoms with Crippen molar-refractivity contribution >= 4 is 6.09 Å². The van der Waals surface area contributed by atoms with Crippen LogP contribution in [-0.2, 0) is 4.74 Å². The molecule has 0 radical (unpaired) electrons. The van der Waals surface area contributed by atoms with Gasteiger partial charge in [-0.3, -0.25) is 0 Å². The maximum absolute atomic E-state index is 11.9. The molecule has 1 aliphatic rings. The van der Waals surface area contributed by atoms with Crippen molar-refractivity contribution < 1.29 is 19.0 Å². The summed E-state index contributed by atoms with van der Waals surface area (Å²) in [6.45, 7) is 8.18. The van der Waals surface area contributed by atoms with Gasteiger partial charge in [0.1, 0.15) is 23.2 Å². The summed E-state index contributed by atoms with van der Waals surface area (Å²) in [5, 5.41) is 0. The molecule has 1 fully saturated rings. The minimum atomic E-state index is -0.469. The number of amides is 1. The summed E-state index contributed by atoms with van der Waals surface area (Å²) >= 11 is 0. The van der Waals surface area contributed by atoms with Crippen molar-refractivity contribution in [1.29, 1.82) is 0 Å². The molecule has 1 aromatic rings. The molecule has 1 aromatic carbocycles. The lowest BCUT2D eigenvalue weighted by Gasteiger charge is -2.39. The van der Waals surface area contributed by atoms with E-state index in [4.69, 9.17) is 19.9 Å². The average molecular weight is 364 g/mol. The van der Waals surface area contributed by atoms with E-state index in [1.54, 1.807) is 4.90 Å². The Hall–Kier alpha value is -1.95. The van der Waals surface area contributed by atoms with Crippen LogP contribution in [0.2, 0.25) is 0 Å². The van der Waals surface area contributed by atoms with Crippen molar-refractivity contribution in [2.75, 3.05) is 26.2 Å². The highest BCUT2D eigenvalue weighted by Gasteiger charge is 2.35. The fourth-order valence-electron chi connectivity index (χ4n) is 2.59. The molecule has 146 valence electrons. The Morgan fingerprint density at radius 1 is 1.08 bits per heavy atom. The number of nitrogens with two attached hydrogens (primary N) is 1. The quantitative estimate of drug-likeness (QED) is 0.678. The maximum atomic E-state index is 11.9. The zero-order valence-corrected chi connectivity index (χ0v) is 16.2. The minimum Gasteiger partial charge on any atom is -0.494 e. The number of benzene rings is 1. The highest BCUT2D eigenvalue weighted by Crippen LogP contribution is 2.23. The zero-order valence-electron chi connectivity index (χ0n) is 16.2. The van der Waals surface area contributed by atoms with E-state index in [0.717, 1.165) is 50.3 Å². The normalized spacial score (nSPS) is 14.7. The minimum absolute atomic E-state index is 0.0110. The van der Waals surface area contributed by atoms with Crippen LogP contribution < -0.4 is 15.2 Å². The third kappa shape index (κ3) is 7.12. The Morgan fingerprint density at radius 2 is 1.69 bits per heavy atom. The van der Waals surface area contributed by atoms with Crippen LogP contribution in [0.5, 0.6) is 11.5 Å². The average Bonchev–Trinajstić information content (AvgIpc) is 2.53. The first kappa shape index (κ1) is 20.4. The fraction of sp³-hybridized carbons (Fsp3) is 0.650. The highest BCUT2D eigenvalue weighted by molar-refractivity contribution is 5.69. The predicted molar refractivity (Wildman–Crippen MR) is 102 cm³/mol. The van der Waals surface area contributed by atoms with Gasteiger partial charge < -0.3 is 24.8 Å². The van der Waals surface area contributed by atoms with Gasteiger partial charge in [0, 0.05) is 0 Å². The molecule has 6 heteroatoms. The number of ether oxygens (including phenoxy) is 3. The monoisotopic (exact) mass is 364 g/mol. The molecule has 2 rings (SSSR count). The molecule has 0 spiro atoms. The summed E-state index contributed by atoms with van der Waals surface area (Å²) < 4.78 is 16.9. The van der Waals surface area contributed by atoms with Crippen LogP contribution in [0.1, 0.15) is 46.5 Å². The van der Waals surface area contributed by atoms with E-state index >= 15 is 0 Å². The van der Waals surface area contributed by atoms with E-state index < -0.39 is 5.60 Å². The number of hydrogen-bond acceptors (Lipinski definition) is 5. The second-order valence-electron chi connectivity index (χ2n) is 7.65. The van der Waals surface area contributed by atoms with E-state index in [-0.39, 0.29) is 12.2 Å². The van der Waals surface area contributed by atoms with Gasteiger partial charge in [0.15, 0.2) is 0 Å². The van der Waals surface area contributed by atoms with Crippen LogP contribution in [0, 0.1) is 0 Å². The lowest BCUT2D eigenvalue weighted by Crippen LogP contribution is -2.57. The predicted octanol–water partition coefficient (Wildman–Crippen LogP) is 3.58. The van der Waals surface area contributed by atoms with E-state index in [1.165, 1.54) is 0 Å². The Labute approximate surface area is 156 Å². The van der Waals surface area contributed by atoms with Gasteiger partial charge in [0.2, 0.25) is 0 Å². The molecular formula is C20H32N2O4. The van der Waals surface area contributed by atoms with Gasteiger partial charge in [-0.1, -0.05) is 12.8 Å². The number of rotatable bonds is 9. The van der Waals surface area contributed by atoms with E-state index in [2.05, 4.69) is 0 Å².